The minimum absolute atomic E-state index is 0.0312. The molecule has 0 bridgehead atoms. The Morgan fingerprint density at radius 2 is 2.19 bits per heavy atom. The van der Waals surface area contributed by atoms with Gasteiger partial charge in [0.2, 0.25) is 0 Å². The molecule has 0 aromatic heterocycles. The van der Waals surface area contributed by atoms with E-state index in [2.05, 4.69) is 27.9 Å². The van der Waals surface area contributed by atoms with E-state index in [0.717, 1.165) is 14.9 Å². The molecule has 90 valence electrons. The molecule has 0 amide bonds. The number of hydrogen-bond acceptors (Lipinski definition) is 4. The fourth-order valence-corrected chi connectivity index (χ4v) is 1.83. The van der Waals surface area contributed by atoms with Gasteiger partial charge in [-0.05, 0) is 40.8 Å². The zero-order valence-corrected chi connectivity index (χ0v) is 11.7. The Kier molecular flexibility index (Phi) is 5.86. The van der Waals surface area contributed by atoms with Gasteiger partial charge in [0.1, 0.15) is 0 Å². The average molecular weight is 336 g/mol. The number of rotatable bonds is 6. The topological polar surface area (TPSA) is 56.5 Å². The highest BCUT2D eigenvalue weighted by Crippen LogP contribution is 2.20. The maximum Gasteiger partial charge on any atom is 0.0976 e. The van der Waals surface area contributed by atoms with E-state index in [0.29, 0.717) is 13.2 Å². The van der Waals surface area contributed by atoms with Gasteiger partial charge in [-0.15, -0.1) is 0 Å². The van der Waals surface area contributed by atoms with E-state index in [4.69, 9.17) is 15.2 Å². The second-order valence-electron chi connectivity index (χ2n) is 3.43. The molecule has 0 aliphatic carbocycles. The highest BCUT2D eigenvalue weighted by atomic mass is 127. The Morgan fingerprint density at radius 1 is 1.44 bits per heavy atom. The Hall–Kier alpha value is -0.530. The first-order valence-corrected chi connectivity index (χ1v) is 6.06. The van der Waals surface area contributed by atoms with E-state index >= 15 is 0 Å². The Labute approximate surface area is 110 Å². The maximum absolute atomic E-state index is 5.88. The van der Waals surface area contributed by atoms with Crippen molar-refractivity contribution >= 4 is 34.0 Å². The lowest BCUT2D eigenvalue weighted by molar-refractivity contribution is 0.0366. The lowest BCUT2D eigenvalue weighted by atomic mass is 10.2. The van der Waals surface area contributed by atoms with Crippen LogP contribution in [-0.4, -0.2) is 33.5 Å². The first kappa shape index (κ1) is 13.5. The van der Waals surface area contributed by atoms with Crippen molar-refractivity contribution in [1.29, 1.82) is 0 Å². The molecule has 0 saturated heterocycles. The number of ether oxygens (including phenoxy) is 2. The van der Waals surface area contributed by atoms with Crippen LogP contribution in [0.1, 0.15) is 0 Å². The standard InChI is InChI=1S/C11H17IN2O2/c1-15-7-9(16-2)6-14-11-4-3-8(12)5-10(11)13/h3-5,9,14H,6-7,13H2,1-2H3. The van der Waals surface area contributed by atoms with Crippen molar-refractivity contribution in [2.45, 2.75) is 6.10 Å². The van der Waals surface area contributed by atoms with Crippen molar-refractivity contribution in [3.8, 4) is 0 Å². The Bertz CT molecular complexity index is 334. The minimum atomic E-state index is 0.0312. The van der Waals surface area contributed by atoms with Gasteiger partial charge in [-0.1, -0.05) is 0 Å². The van der Waals surface area contributed by atoms with E-state index in [-0.39, 0.29) is 6.10 Å². The summed E-state index contributed by atoms with van der Waals surface area (Å²) >= 11 is 2.23. The van der Waals surface area contributed by atoms with Crippen LogP contribution in [0.25, 0.3) is 0 Å². The molecule has 1 aromatic carbocycles. The summed E-state index contributed by atoms with van der Waals surface area (Å²) in [5.41, 5.74) is 7.56. The summed E-state index contributed by atoms with van der Waals surface area (Å²) in [7, 11) is 3.33. The third-order valence-electron chi connectivity index (χ3n) is 2.22. The van der Waals surface area contributed by atoms with Gasteiger partial charge in [-0.25, -0.2) is 0 Å². The van der Waals surface area contributed by atoms with Crippen molar-refractivity contribution < 1.29 is 9.47 Å². The van der Waals surface area contributed by atoms with E-state index in [1.165, 1.54) is 0 Å². The molecule has 16 heavy (non-hydrogen) atoms. The van der Waals surface area contributed by atoms with E-state index in [1.54, 1.807) is 14.2 Å². The molecule has 0 saturated carbocycles. The van der Waals surface area contributed by atoms with Crippen LogP contribution in [0.4, 0.5) is 11.4 Å². The van der Waals surface area contributed by atoms with Crippen LogP contribution >= 0.6 is 22.6 Å². The van der Waals surface area contributed by atoms with Crippen LogP contribution in [0.15, 0.2) is 18.2 Å². The molecule has 1 atom stereocenters. The van der Waals surface area contributed by atoms with Crippen LogP contribution in [0.2, 0.25) is 0 Å². The predicted octanol–water partition coefficient (Wildman–Crippen LogP) is 1.95. The number of methoxy groups -OCH3 is 2. The van der Waals surface area contributed by atoms with Crippen LogP contribution in [0.5, 0.6) is 0 Å². The summed E-state index contributed by atoms with van der Waals surface area (Å²) in [5, 5.41) is 3.24. The smallest absolute Gasteiger partial charge is 0.0976 e. The van der Waals surface area contributed by atoms with Crippen LogP contribution in [0.3, 0.4) is 0 Å². The summed E-state index contributed by atoms with van der Waals surface area (Å²) in [6.45, 7) is 1.24. The summed E-state index contributed by atoms with van der Waals surface area (Å²) < 4.78 is 11.4. The molecule has 0 heterocycles. The molecule has 0 radical (unpaired) electrons. The van der Waals surface area contributed by atoms with Gasteiger partial charge in [0.05, 0.1) is 24.1 Å². The van der Waals surface area contributed by atoms with Crippen LogP contribution in [-0.2, 0) is 9.47 Å². The fourth-order valence-electron chi connectivity index (χ4n) is 1.31. The average Bonchev–Trinajstić information content (AvgIpc) is 2.26. The number of benzene rings is 1. The number of nitrogens with two attached hydrogens (primary N) is 1. The summed E-state index contributed by atoms with van der Waals surface area (Å²) in [4.78, 5) is 0. The molecule has 1 unspecified atom stereocenters. The monoisotopic (exact) mass is 336 g/mol. The zero-order valence-electron chi connectivity index (χ0n) is 9.50. The van der Waals surface area contributed by atoms with Crippen LogP contribution < -0.4 is 11.1 Å². The summed E-state index contributed by atoms with van der Waals surface area (Å²) in [6.07, 6.45) is 0.0312. The number of anilines is 2. The van der Waals surface area contributed by atoms with Crippen LogP contribution in [0, 0.1) is 3.57 Å². The van der Waals surface area contributed by atoms with E-state index < -0.39 is 0 Å². The zero-order chi connectivity index (χ0) is 12.0. The van der Waals surface area contributed by atoms with Gasteiger partial charge in [0.15, 0.2) is 0 Å². The second-order valence-corrected chi connectivity index (χ2v) is 4.67. The molecule has 0 aliphatic rings. The SMILES string of the molecule is COCC(CNc1ccc(I)cc1N)OC. The molecule has 4 nitrogen and oxygen atoms in total. The first-order valence-electron chi connectivity index (χ1n) is 4.98. The number of nitrogen functional groups attached to an aromatic ring is 1. The second kappa shape index (κ2) is 6.93. The van der Waals surface area contributed by atoms with Crippen molar-refractivity contribution in [2.75, 3.05) is 38.4 Å². The van der Waals surface area contributed by atoms with Crippen molar-refractivity contribution in [3.63, 3.8) is 0 Å². The van der Waals surface area contributed by atoms with Gasteiger partial charge < -0.3 is 20.5 Å². The van der Waals surface area contributed by atoms with Crippen molar-refractivity contribution in [2.24, 2.45) is 0 Å². The van der Waals surface area contributed by atoms with Gasteiger partial charge >= 0.3 is 0 Å². The van der Waals surface area contributed by atoms with Gasteiger partial charge in [0, 0.05) is 24.3 Å². The van der Waals surface area contributed by atoms with Crippen molar-refractivity contribution in [3.05, 3.63) is 21.8 Å². The predicted molar refractivity (Wildman–Crippen MR) is 74.7 cm³/mol. The minimum Gasteiger partial charge on any atom is -0.397 e. The summed E-state index contributed by atoms with van der Waals surface area (Å²) in [5.74, 6) is 0. The highest BCUT2D eigenvalue weighted by Gasteiger charge is 2.07. The third kappa shape index (κ3) is 4.15. The van der Waals surface area contributed by atoms with E-state index in [1.807, 2.05) is 18.2 Å². The summed E-state index contributed by atoms with van der Waals surface area (Å²) in [6, 6.07) is 5.91. The first-order chi connectivity index (χ1) is 7.67. The lowest BCUT2D eigenvalue weighted by Gasteiger charge is -2.16. The van der Waals surface area contributed by atoms with Gasteiger partial charge in [-0.2, -0.15) is 0 Å². The molecular weight excluding hydrogens is 319 g/mol. The normalized spacial score (nSPS) is 12.4. The molecule has 0 aliphatic heterocycles. The molecule has 0 spiro atoms. The largest absolute Gasteiger partial charge is 0.397 e. The Morgan fingerprint density at radius 3 is 2.75 bits per heavy atom. The molecular formula is C11H17IN2O2. The maximum atomic E-state index is 5.88. The molecule has 3 N–H and O–H groups in total. The van der Waals surface area contributed by atoms with Crippen molar-refractivity contribution in [1.82, 2.24) is 0 Å². The Balaban J connectivity index is 2.53. The molecule has 5 heteroatoms. The molecule has 1 aromatic rings. The highest BCUT2D eigenvalue weighted by molar-refractivity contribution is 14.1. The van der Waals surface area contributed by atoms with E-state index in [9.17, 15) is 0 Å². The number of nitrogens with one attached hydrogen (secondary N) is 1. The molecule has 0 fully saturated rings. The quantitative estimate of drug-likeness (QED) is 0.616. The number of hydrogen-bond donors (Lipinski definition) is 2. The van der Waals surface area contributed by atoms with Gasteiger partial charge in [-0.3, -0.25) is 0 Å². The number of halogens is 1. The van der Waals surface area contributed by atoms with Gasteiger partial charge in [0.25, 0.3) is 0 Å². The fraction of sp³-hybridized carbons (Fsp3) is 0.455. The molecule has 1 rings (SSSR count). The third-order valence-corrected chi connectivity index (χ3v) is 2.89. The lowest BCUT2D eigenvalue weighted by Crippen LogP contribution is -2.26.